The van der Waals surface area contributed by atoms with Crippen LogP contribution in [0.1, 0.15) is 43.1 Å². The predicted octanol–water partition coefficient (Wildman–Crippen LogP) is 2.76. The zero-order valence-electron chi connectivity index (χ0n) is 15.3. The Morgan fingerprint density at radius 3 is 2.92 bits per heavy atom. The highest BCUT2D eigenvalue weighted by Gasteiger charge is 2.26. The zero-order valence-corrected chi connectivity index (χ0v) is 15.3. The number of carbonyl (C=O) groups is 2. The van der Waals surface area contributed by atoms with Crippen LogP contribution < -0.4 is 10.1 Å². The molecular formula is C20H25N3O3. The molecule has 0 saturated carbocycles. The Hall–Kier alpha value is -2.63. The van der Waals surface area contributed by atoms with E-state index in [4.69, 9.17) is 4.74 Å². The number of rotatable bonds is 5. The third-order valence-corrected chi connectivity index (χ3v) is 4.67. The fourth-order valence-corrected chi connectivity index (χ4v) is 3.40. The van der Waals surface area contributed by atoms with Gasteiger partial charge in [0.2, 0.25) is 11.8 Å². The number of nitrogens with one attached hydrogen (secondary N) is 1. The van der Waals surface area contributed by atoms with Gasteiger partial charge in [0.25, 0.3) is 5.91 Å². The quantitative estimate of drug-likeness (QED) is 0.895. The van der Waals surface area contributed by atoms with Gasteiger partial charge in [-0.1, -0.05) is 25.1 Å². The van der Waals surface area contributed by atoms with Crippen LogP contribution in [0, 0.1) is 0 Å². The average Bonchev–Trinajstić information content (AvgIpc) is 2.66. The van der Waals surface area contributed by atoms with Crippen LogP contribution in [0.2, 0.25) is 0 Å². The van der Waals surface area contributed by atoms with Crippen molar-refractivity contribution in [2.75, 3.05) is 20.2 Å². The number of pyridine rings is 1. The first kappa shape index (κ1) is 18.2. The molecule has 138 valence electrons. The highest BCUT2D eigenvalue weighted by molar-refractivity contribution is 5.98. The van der Waals surface area contributed by atoms with Crippen LogP contribution >= 0.6 is 0 Å². The summed E-state index contributed by atoms with van der Waals surface area (Å²) in [7, 11) is 1.56. The Balaban J connectivity index is 1.78. The molecule has 6 heteroatoms. The molecule has 1 aliphatic heterocycles. The predicted molar refractivity (Wildman–Crippen MR) is 100 cm³/mol. The van der Waals surface area contributed by atoms with Crippen molar-refractivity contribution < 1.29 is 14.3 Å². The number of likely N-dealkylation sites (tertiary alicyclic amines) is 1. The molecule has 2 amide bonds. The number of piperidine rings is 1. The molecule has 1 fully saturated rings. The number of benzene rings is 1. The van der Waals surface area contributed by atoms with E-state index in [-0.39, 0.29) is 17.9 Å². The molecule has 1 atom stereocenters. The SMILES string of the molecule is CCCC(=O)NC1CCCN(C(=O)c2cc3ccccc3c(OC)n2)C1. The lowest BCUT2D eigenvalue weighted by molar-refractivity contribution is -0.122. The summed E-state index contributed by atoms with van der Waals surface area (Å²) in [5.41, 5.74) is 0.376. The number of amides is 2. The van der Waals surface area contributed by atoms with Gasteiger partial charge in [-0.25, -0.2) is 4.98 Å². The van der Waals surface area contributed by atoms with Gasteiger partial charge in [-0.05, 0) is 36.8 Å². The Kier molecular flexibility index (Phi) is 5.71. The normalized spacial score (nSPS) is 17.2. The van der Waals surface area contributed by atoms with Crippen LogP contribution in [0.4, 0.5) is 0 Å². The van der Waals surface area contributed by atoms with Gasteiger partial charge in [-0.3, -0.25) is 9.59 Å². The maximum Gasteiger partial charge on any atom is 0.272 e. The molecule has 0 spiro atoms. The number of carbonyl (C=O) groups excluding carboxylic acids is 2. The molecule has 1 unspecified atom stereocenters. The van der Waals surface area contributed by atoms with Gasteiger partial charge in [0.05, 0.1) is 7.11 Å². The van der Waals surface area contributed by atoms with Crippen molar-refractivity contribution >= 4 is 22.6 Å². The molecule has 2 heterocycles. The average molecular weight is 355 g/mol. The van der Waals surface area contributed by atoms with Gasteiger partial charge in [0.1, 0.15) is 5.69 Å². The van der Waals surface area contributed by atoms with Crippen LogP contribution in [0.15, 0.2) is 30.3 Å². The first-order chi connectivity index (χ1) is 12.6. The molecule has 0 bridgehead atoms. The minimum absolute atomic E-state index is 0.00843. The Morgan fingerprint density at radius 1 is 1.35 bits per heavy atom. The lowest BCUT2D eigenvalue weighted by atomic mass is 10.0. The van der Waals surface area contributed by atoms with Crippen molar-refractivity contribution in [3.8, 4) is 5.88 Å². The number of fused-ring (bicyclic) bond motifs is 1. The van der Waals surface area contributed by atoms with E-state index >= 15 is 0 Å². The van der Waals surface area contributed by atoms with Crippen molar-refractivity contribution in [3.63, 3.8) is 0 Å². The summed E-state index contributed by atoms with van der Waals surface area (Å²) in [5.74, 6) is 0.386. The molecule has 1 saturated heterocycles. The van der Waals surface area contributed by atoms with Crippen LogP contribution in [0.3, 0.4) is 0 Å². The molecule has 1 aromatic carbocycles. The van der Waals surface area contributed by atoms with E-state index in [0.717, 1.165) is 30.0 Å². The van der Waals surface area contributed by atoms with E-state index in [1.165, 1.54) is 0 Å². The number of hydrogen-bond acceptors (Lipinski definition) is 4. The lowest BCUT2D eigenvalue weighted by Crippen LogP contribution is -2.49. The molecule has 1 N–H and O–H groups in total. The minimum Gasteiger partial charge on any atom is -0.481 e. The summed E-state index contributed by atoms with van der Waals surface area (Å²) < 4.78 is 5.37. The summed E-state index contributed by atoms with van der Waals surface area (Å²) in [6, 6.07) is 9.53. The fourth-order valence-electron chi connectivity index (χ4n) is 3.40. The van der Waals surface area contributed by atoms with Gasteiger partial charge in [0, 0.05) is 30.9 Å². The maximum absolute atomic E-state index is 13.0. The van der Waals surface area contributed by atoms with E-state index in [2.05, 4.69) is 10.3 Å². The molecule has 6 nitrogen and oxygen atoms in total. The third kappa shape index (κ3) is 3.95. The fraction of sp³-hybridized carbons (Fsp3) is 0.450. The number of ether oxygens (including phenoxy) is 1. The molecule has 0 radical (unpaired) electrons. The standard InChI is InChI=1S/C20H25N3O3/c1-3-7-18(24)21-15-9-6-11-23(13-15)20(25)17-12-14-8-4-5-10-16(14)19(22-17)26-2/h4-5,8,10,12,15H,3,6-7,9,11,13H2,1-2H3,(H,21,24). The lowest BCUT2D eigenvalue weighted by Gasteiger charge is -2.33. The summed E-state index contributed by atoms with van der Waals surface area (Å²) in [6.45, 7) is 3.18. The molecule has 26 heavy (non-hydrogen) atoms. The second-order valence-electron chi connectivity index (χ2n) is 6.65. The van der Waals surface area contributed by atoms with Crippen LogP contribution in [-0.4, -0.2) is 47.9 Å². The second-order valence-corrected chi connectivity index (χ2v) is 6.65. The molecule has 1 aromatic heterocycles. The Labute approximate surface area is 153 Å². The molecule has 3 rings (SSSR count). The topological polar surface area (TPSA) is 71.5 Å². The van der Waals surface area contributed by atoms with E-state index < -0.39 is 0 Å². The molecule has 0 aliphatic carbocycles. The monoisotopic (exact) mass is 355 g/mol. The number of methoxy groups -OCH3 is 1. The molecular weight excluding hydrogens is 330 g/mol. The summed E-state index contributed by atoms with van der Waals surface area (Å²) >= 11 is 0. The van der Waals surface area contributed by atoms with Crippen molar-refractivity contribution in [1.82, 2.24) is 15.2 Å². The summed E-state index contributed by atoms with van der Waals surface area (Å²) in [4.78, 5) is 31.0. The smallest absolute Gasteiger partial charge is 0.272 e. The third-order valence-electron chi connectivity index (χ3n) is 4.67. The number of nitrogens with zero attached hydrogens (tertiary/aromatic N) is 2. The van der Waals surface area contributed by atoms with Crippen molar-refractivity contribution in [2.45, 2.75) is 38.6 Å². The summed E-state index contributed by atoms with van der Waals surface area (Å²) in [6.07, 6.45) is 3.11. The number of aromatic nitrogens is 1. The van der Waals surface area contributed by atoms with Gasteiger partial charge >= 0.3 is 0 Å². The van der Waals surface area contributed by atoms with Crippen LogP contribution in [0.5, 0.6) is 5.88 Å². The van der Waals surface area contributed by atoms with E-state index in [9.17, 15) is 9.59 Å². The van der Waals surface area contributed by atoms with Crippen molar-refractivity contribution in [3.05, 3.63) is 36.0 Å². The van der Waals surface area contributed by atoms with E-state index in [1.54, 1.807) is 18.1 Å². The first-order valence-corrected chi connectivity index (χ1v) is 9.14. The molecule has 1 aliphatic rings. The highest BCUT2D eigenvalue weighted by Crippen LogP contribution is 2.25. The van der Waals surface area contributed by atoms with E-state index in [1.807, 2.05) is 31.2 Å². The first-order valence-electron chi connectivity index (χ1n) is 9.14. The van der Waals surface area contributed by atoms with Crippen molar-refractivity contribution in [2.24, 2.45) is 0 Å². The van der Waals surface area contributed by atoms with Crippen LogP contribution in [-0.2, 0) is 4.79 Å². The van der Waals surface area contributed by atoms with Crippen LogP contribution in [0.25, 0.3) is 10.8 Å². The maximum atomic E-state index is 13.0. The van der Waals surface area contributed by atoms with Gasteiger partial charge in [0.15, 0.2) is 0 Å². The second kappa shape index (κ2) is 8.17. The Bertz CT molecular complexity index is 806. The largest absolute Gasteiger partial charge is 0.481 e. The minimum atomic E-state index is -0.122. The molecule has 2 aromatic rings. The summed E-state index contributed by atoms with van der Waals surface area (Å²) in [5, 5.41) is 4.84. The van der Waals surface area contributed by atoms with Gasteiger partial charge < -0.3 is 15.0 Å². The van der Waals surface area contributed by atoms with Crippen molar-refractivity contribution in [1.29, 1.82) is 0 Å². The highest BCUT2D eigenvalue weighted by atomic mass is 16.5. The zero-order chi connectivity index (χ0) is 18.5. The van der Waals surface area contributed by atoms with Gasteiger partial charge in [-0.2, -0.15) is 0 Å². The van der Waals surface area contributed by atoms with Gasteiger partial charge in [-0.15, -0.1) is 0 Å². The Morgan fingerprint density at radius 2 is 2.15 bits per heavy atom. The number of hydrogen-bond donors (Lipinski definition) is 1. The van der Waals surface area contributed by atoms with E-state index in [0.29, 0.717) is 31.1 Å².